The summed E-state index contributed by atoms with van der Waals surface area (Å²) >= 11 is 3.36. The standard InChI is InChI=1S/C15H22BrNO2/c1-3-5-12-19-14-8-6-13(7-9-14)15(18)17(4-2)11-10-16/h6-9H,3-5,10-12H2,1-2H3. The first-order valence-corrected chi connectivity index (χ1v) is 7.93. The van der Waals surface area contributed by atoms with Gasteiger partial charge in [-0.05, 0) is 37.6 Å². The molecule has 0 spiro atoms. The van der Waals surface area contributed by atoms with Gasteiger partial charge in [0.25, 0.3) is 5.91 Å². The number of hydrogen-bond acceptors (Lipinski definition) is 2. The smallest absolute Gasteiger partial charge is 0.253 e. The number of amides is 1. The first-order valence-electron chi connectivity index (χ1n) is 6.81. The van der Waals surface area contributed by atoms with Gasteiger partial charge in [-0.2, -0.15) is 0 Å². The maximum Gasteiger partial charge on any atom is 0.253 e. The van der Waals surface area contributed by atoms with Crippen molar-refractivity contribution in [3.8, 4) is 5.75 Å². The van der Waals surface area contributed by atoms with Crippen molar-refractivity contribution < 1.29 is 9.53 Å². The molecule has 3 nitrogen and oxygen atoms in total. The molecule has 0 aliphatic rings. The van der Waals surface area contributed by atoms with Crippen molar-refractivity contribution in [1.29, 1.82) is 0 Å². The minimum Gasteiger partial charge on any atom is -0.494 e. The van der Waals surface area contributed by atoms with E-state index < -0.39 is 0 Å². The molecule has 0 bridgehead atoms. The van der Waals surface area contributed by atoms with Crippen molar-refractivity contribution in [2.45, 2.75) is 26.7 Å². The van der Waals surface area contributed by atoms with Crippen LogP contribution >= 0.6 is 15.9 Å². The van der Waals surface area contributed by atoms with Crippen molar-refractivity contribution >= 4 is 21.8 Å². The molecule has 106 valence electrons. The molecule has 0 saturated heterocycles. The highest BCUT2D eigenvalue weighted by Gasteiger charge is 2.13. The average molecular weight is 328 g/mol. The summed E-state index contributed by atoms with van der Waals surface area (Å²) in [6.45, 7) is 6.30. The minimum atomic E-state index is 0.0714. The molecule has 1 aromatic rings. The van der Waals surface area contributed by atoms with Crippen LogP contribution in [-0.4, -0.2) is 35.8 Å². The van der Waals surface area contributed by atoms with Crippen LogP contribution in [0.25, 0.3) is 0 Å². The van der Waals surface area contributed by atoms with E-state index in [-0.39, 0.29) is 5.91 Å². The molecule has 1 aromatic carbocycles. The van der Waals surface area contributed by atoms with E-state index in [2.05, 4.69) is 22.9 Å². The molecule has 1 amide bonds. The highest BCUT2D eigenvalue weighted by molar-refractivity contribution is 9.09. The van der Waals surface area contributed by atoms with Crippen LogP contribution in [0.4, 0.5) is 0 Å². The van der Waals surface area contributed by atoms with Crippen molar-refractivity contribution in [3.05, 3.63) is 29.8 Å². The Kier molecular flexibility index (Phi) is 7.56. The van der Waals surface area contributed by atoms with E-state index >= 15 is 0 Å². The highest BCUT2D eigenvalue weighted by atomic mass is 79.9. The molecule has 0 heterocycles. The maximum absolute atomic E-state index is 12.2. The predicted octanol–water partition coefficient (Wildman–Crippen LogP) is 3.72. The average Bonchev–Trinajstić information content (AvgIpc) is 2.45. The Hall–Kier alpha value is -1.03. The zero-order valence-electron chi connectivity index (χ0n) is 11.7. The van der Waals surface area contributed by atoms with E-state index in [0.29, 0.717) is 5.56 Å². The fourth-order valence-electron chi connectivity index (χ4n) is 1.72. The Bertz CT molecular complexity index is 378. The summed E-state index contributed by atoms with van der Waals surface area (Å²) in [5.41, 5.74) is 0.714. The number of hydrogen-bond donors (Lipinski definition) is 0. The van der Waals surface area contributed by atoms with Gasteiger partial charge in [0.1, 0.15) is 5.75 Å². The van der Waals surface area contributed by atoms with Gasteiger partial charge in [0.15, 0.2) is 0 Å². The summed E-state index contributed by atoms with van der Waals surface area (Å²) in [7, 11) is 0. The number of unbranched alkanes of at least 4 members (excludes halogenated alkanes) is 1. The number of ether oxygens (including phenoxy) is 1. The highest BCUT2D eigenvalue weighted by Crippen LogP contribution is 2.14. The Balaban J connectivity index is 2.61. The van der Waals surface area contributed by atoms with Gasteiger partial charge in [0.05, 0.1) is 6.61 Å². The maximum atomic E-state index is 12.2. The molecule has 0 aliphatic carbocycles. The Labute approximate surface area is 124 Å². The molecule has 0 fully saturated rings. The van der Waals surface area contributed by atoms with E-state index in [1.165, 1.54) is 0 Å². The molecule has 0 radical (unpaired) electrons. The third kappa shape index (κ3) is 5.23. The van der Waals surface area contributed by atoms with Crippen molar-refractivity contribution in [2.75, 3.05) is 25.0 Å². The lowest BCUT2D eigenvalue weighted by atomic mass is 10.2. The molecule has 0 saturated carbocycles. The third-order valence-electron chi connectivity index (χ3n) is 2.89. The van der Waals surface area contributed by atoms with E-state index in [0.717, 1.165) is 43.6 Å². The zero-order chi connectivity index (χ0) is 14.1. The second-order valence-electron chi connectivity index (χ2n) is 4.30. The fourth-order valence-corrected chi connectivity index (χ4v) is 2.14. The second-order valence-corrected chi connectivity index (χ2v) is 5.09. The minimum absolute atomic E-state index is 0.0714. The fraction of sp³-hybridized carbons (Fsp3) is 0.533. The second kappa shape index (κ2) is 8.97. The molecule has 0 atom stereocenters. The van der Waals surface area contributed by atoms with Crippen LogP contribution in [0.2, 0.25) is 0 Å². The molecule has 0 aliphatic heterocycles. The number of benzene rings is 1. The molecular weight excluding hydrogens is 306 g/mol. The van der Waals surface area contributed by atoms with Gasteiger partial charge in [-0.25, -0.2) is 0 Å². The lowest BCUT2D eigenvalue weighted by Crippen LogP contribution is -2.32. The number of carbonyl (C=O) groups is 1. The number of halogens is 1. The van der Waals surface area contributed by atoms with Crippen LogP contribution < -0.4 is 4.74 Å². The Morgan fingerprint density at radius 1 is 1.26 bits per heavy atom. The monoisotopic (exact) mass is 327 g/mol. The number of nitrogens with zero attached hydrogens (tertiary/aromatic N) is 1. The van der Waals surface area contributed by atoms with Gasteiger partial charge < -0.3 is 9.64 Å². The van der Waals surface area contributed by atoms with Crippen LogP contribution in [0, 0.1) is 0 Å². The topological polar surface area (TPSA) is 29.5 Å². The van der Waals surface area contributed by atoms with Crippen LogP contribution in [0.3, 0.4) is 0 Å². The van der Waals surface area contributed by atoms with Crippen LogP contribution in [-0.2, 0) is 0 Å². The molecule has 4 heteroatoms. The Morgan fingerprint density at radius 2 is 1.95 bits per heavy atom. The molecule has 19 heavy (non-hydrogen) atoms. The normalized spacial score (nSPS) is 10.3. The summed E-state index contributed by atoms with van der Waals surface area (Å²) in [5, 5.41) is 0.796. The van der Waals surface area contributed by atoms with Crippen LogP contribution in [0.5, 0.6) is 5.75 Å². The SMILES string of the molecule is CCCCOc1ccc(C(=O)N(CC)CCBr)cc1. The predicted molar refractivity (Wildman–Crippen MR) is 82.2 cm³/mol. The number of alkyl halides is 1. The quantitative estimate of drug-likeness (QED) is 0.538. The summed E-state index contributed by atoms with van der Waals surface area (Å²) in [5.74, 6) is 0.899. The van der Waals surface area contributed by atoms with Crippen molar-refractivity contribution in [2.24, 2.45) is 0 Å². The number of rotatable bonds is 8. The summed E-state index contributed by atoms with van der Waals surface area (Å²) < 4.78 is 5.58. The van der Waals surface area contributed by atoms with Gasteiger partial charge in [-0.15, -0.1) is 0 Å². The third-order valence-corrected chi connectivity index (χ3v) is 3.25. The summed E-state index contributed by atoms with van der Waals surface area (Å²) in [6.07, 6.45) is 2.17. The van der Waals surface area contributed by atoms with Gasteiger partial charge in [-0.3, -0.25) is 4.79 Å². The van der Waals surface area contributed by atoms with Gasteiger partial charge in [-0.1, -0.05) is 29.3 Å². The van der Waals surface area contributed by atoms with E-state index in [4.69, 9.17) is 4.74 Å². The molecule has 0 N–H and O–H groups in total. The van der Waals surface area contributed by atoms with Crippen molar-refractivity contribution in [1.82, 2.24) is 4.90 Å². The van der Waals surface area contributed by atoms with Crippen molar-refractivity contribution in [3.63, 3.8) is 0 Å². The molecular formula is C15H22BrNO2. The molecule has 0 unspecified atom stereocenters. The number of carbonyl (C=O) groups excluding carboxylic acids is 1. The lowest BCUT2D eigenvalue weighted by Gasteiger charge is -2.19. The molecule has 1 rings (SSSR count). The largest absolute Gasteiger partial charge is 0.494 e. The van der Waals surface area contributed by atoms with Gasteiger partial charge >= 0.3 is 0 Å². The van der Waals surface area contributed by atoms with E-state index in [9.17, 15) is 4.79 Å². The van der Waals surface area contributed by atoms with E-state index in [1.807, 2.05) is 36.1 Å². The summed E-state index contributed by atoms with van der Waals surface area (Å²) in [6, 6.07) is 7.40. The summed E-state index contributed by atoms with van der Waals surface area (Å²) in [4.78, 5) is 14.0. The zero-order valence-corrected chi connectivity index (χ0v) is 13.3. The molecule has 0 aromatic heterocycles. The van der Waals surface area contributed by atoms with E-state index in [1.54, 1.807) is 0 Å². The first-order chi connectivity index (χ1) is 9.22. The van der Waals surface area contributed by atoms with Crippen LogP contribution in [0.15, 0.2) is 24.3 Å². The van der Waals surface area contributed by atoms with Gasteiger partial charge in [0, 0.05) is 24.0 Å². The Morgan fingerprint density at radius 3 is 2.47 bits per heavy atom. The van der Waals surface area contributed by atoms with Crippen LogP contribution in [0.1, 0.15) is 37.0 Å². The van der Waals surface area contributed by atoms with Gasteiger partial charge in [0.2, 0.25) is 0 Å². The first kappa shape index (κ1) is 16.0. The lowest BCUT2D eigenvalue weighted by molar-refractivity contribution is 0.0775.